The Morgan fingerprint density at radius 1 is 1.08 bits per heavy atom. The molecule has 11 heteroatoms. The average molecular weight is 560 g/mol. The van der Waals surface area contributed by atoms with Crippen LogP contribution in [0.15, 0.2) is 42.5 Å². The highest BCUT2D eigenvalue weighted by Crippen LogP contribution is 2.36. The number of hydrogen-bond donors (Lipinski definition) is 1. The molecule has 0 saturated heterocycles. The number of nitrogens with one attached hydrogen (secondary N) is 1. The Morgan fingerprint density at radius 3 is 2.44 bits per heavy atom. The fourth-order valence-corrected chi connectivity index (χ4v) is 5.90. The van der Waals surface area contributed by atoms with Gasteiger partial charge in [-0.15, -0.1) is 0 Å². The highest BCUT2D eigenvalue weighted by atomic mass is 32.2. The molecule has 0 spiro atoms. The molecule has 1 N–H and O–H groups in total. The molecule has 1 atom stereocenters. The number of nitrogens with zero attached hydrogens (tertiary/aromatic N) is 2. The maximum atomic E-state index is 13.5. The minimum atomic E-state index is -3.62. The molecule has 10 nitrogen and oxygen atoms in total. The van der Waals surface area contributed by atoms with E-state index in [-0.39, 0.29) is 50.6 Å². The van der Waals surface area contributed by atoms with Gasteiger partial charge in [0.15, 0.2) is 11.5 Å². The average Bonchev–Trinajstić information content (AvgIpc) is 3.60. The number of hydrogen-bond acceptors (Lipinski definition) is 7. The Bertz CT molecular complexity index is 1260. The van der Waals surface area contributed by atoms with E-state index in [4.69, 9.17) is 14.2 Å². The Kier molecular flexibility index (Phi) is 9.21. The molecule has 2 amide bonds. The van der Waals surface area contributed by atoms with Crippen molar-refractivity contribution < 1.29 is 32.2 Å². The fraction of sp³-hybridized carbons (Fsp3) is 0.500. The van der Waals surface area contributed by atoms with Gasteiger partial charge in [-0.3, -0.25) is 13.9 Å². The van der Waals surface area contributed by atoms with E-state index in [1.807, 2.05) is 24.3 Å². The highest BCUT2D eigenvalue weighted by molar-refractivity contribution is 7.92. The van der Waals surface area contributed by atoms with Crippen molar-refractivity contribution in [1.29, 1.82) is 0 Å². The number of carbonyl (C=O) groups is 2. The molecule has 2 aromatic carbocycles. The molecule has 212 valence electrons. The number of amides is 2. The minimum Gasteiger partial charge on any atom is -0.497 e. The van der Waals surface area contributed by atoms with E-state index < -0.39 is 16.1 Å². The van der Waals surface area contributed by atoms with Gasteiger partial charge in [0, 0.05) is 31.6 Å². The molecule has 2 aromatic rings. The number of carbonyl (C=O) groups excluding carboxylic acids is 2. The van der Waals surface area contributed by atoms with Gasteiger partial charge in [-0.1, -0.05) is 25.0 Å². The highest BCUT2D eigenvalue weighted by Gasteiger charge is 2.29. The molecular formula is C28H37N3O7S. The first-order valence-electron chi connectivity index (χ1n) is 13.3. The van der Waals surface area contributed by atoms with Crippen molar-refractivity contribution in [3.8, 4) is 17.2 Å². The number of benzene rings is 2. The van der Waals surface area contributed by atoms with Gasteiger partial charge in [0.1, 0.15) is 11.8 Å². The lowest BCUT2D eigenvalue weighted by atomic mass is 10.1. The quantitative estimate of drug-likeness (QED) is 0.424. The third-order valence-corrected chi connectivity index (χ3v) is 8.37. The summed E-state index contributed by atoms with van der Waals surface area (Å²) >= 11 is 0. The summed E-state index contributed by atoms with van der Waals surface area (Å²) in [5, 5.41) is 3.09. The normalized spacial score (nSPS) is 15.6. The van der Waals surface area contributed by atoms with E-state index in [0.717, 1.165) is 37.5 Å². The Hall–Kier alpha value is -3.47. The maximum absolute atomic E-state index is 13.5. The zero-order valence-electron chi connectivity index (χ0n) is 22.7. The second-order valence-electron chi connectivity index (χ2n) is 10.0. The smallest absolute Gasteiger partial charge is 0.242 e. The van der Waals surface area contributed by atoms with Crippen LogP contribution in [0.2, 0.25) is 0 Å². The van der Waals surface area contributed by atoms with Crippen LogP contribution < -0.4 is 23.8 Å². The summed E-state index contributed by atoms with van der Waals surface area (Å²) in [7, 11) is -2.03. The van der Waals surface area contributed by atoms with Crippen molar-refractivity contribution in [2.24, 2.45) is 0 Å². The van der Waals surface area contributed by atoms with Crippen LogP contribution in [0.5, 0.6) is 17.2 Å². The molecule has 0 bridgehead atoms. The Morgan fingerprint density at radius 2 is 1.77 bits per heavy atom. The van der Waals surface area contributed by atoms with E-state index in [2.05, 4.69) is 5.32 Å². The van der Waals surface area contributed by atoms with Crippen molar-refractivity contribution in [2.45, 2.75) is 64.1 Å². The molecule has 1 saturated carbocycles. The van der Waals surface area contributed by atoms with Crippen molar-refractivity contribution in [3.05, 3.63) is 48.0 Å². The summed E-state index contributed by atoms with van der Waals surface area (Å²) in [5.74, 6) is 1.33. The first-order valence-corrected chi connectivity index (χ1v) is 15.1. The molecule has 1 aliphatic heterocycles. The topological polar surface area (TPSA) is 114 Å². The molecule has 39 heavy (non-hydrogen) atoms. The lowest BCUT2D eigenvalue weighted by Crippen LogP contribution is -2.49. The zero-order valence-corrected chi connectivity index (χ0v) is 23.5. The summed E-state index contributed by atoms with van der Waals surface area (Å²) in [6, 6.07) is 11.8. The fourth-order valence-electron chi connectivity index (χ4n) is 4.95. The number of ether oxygens (including phenoxy) is 3. The second-order valence-corrected chi connectivity index (χ2v) is 11.9. The van der Waals surface area contributed by atoms with Crippen LogP contribution in [-0.2, 0) is 26.2 Å². The summed E-state index contributed by atoms with van der Waals surface area (Å²) < 4.78 is 42.4. The number of anilines is 1. The van der Waals surface area contributed by atoms with Gasteiger partial charge < -0.3 is 24.4 Å². The zero-order chi connectivity index (χ0) is 28.0. The molecule has 1 aliphatic carbocycles. The monoisotopic (exact) mass is 559 g/mol. The van der Waals surface area contributed by atoms with Crippen LogP contribution in [0.1, 0.15) is 51.0 Å². The molecule has 1 fully saturated rings. The predicted octanol–water partition coefficient (Wildman–Crippen LogP) is 3.45. The van der Waals surface area contributed by atoms with Crippen molar-refractivity contribution in [1.82, 2.24) is 10.2 Å². The number of methoxy groups -OCH3 is 1. The van der Waals surface area contributed by atoms with E-state index in [9.17, 15) is 18.0 Å². The van der Waals surface area contributed by atoms with Crippen LogP contribution in [0, 0.1) is 0 Å². The van der Waals surface area contributed by atoms with E-state index in [1.54, 1.807) is 37.1 Å². The van der Waals surface area contributed by atoms with Gasteiger partial charge in [-0.2, -0.15) is 0 Å². The SMILES string of the molecule is COc1ccc(CN(C(=O)CCCN(c2ccc3c(c2)OCO3)S(C)(=O)=O)C(C)C(=O)NC2CCCC2)cc1. The van der Waals surface area contributed by atoms with Gasteiger partial charge in [0.25, 0.3) is 0 Å². The van der Waals surface area contributed by atoms with Crippen LogP contribution >= 0.6 is 0 Å². The first kappa shape index (κ1) is 28.5. The third kappa shape index (κ3) is 7.35. The number of rotatable bonds is 12. The molecular weight excluding hydrogens is 522 g/mol. The van der Waals surface area contributed by atoms with Crippen LogP contribution in [0.3, 0.4) is 0 Å². The number of sulfonamides is 1. The Labute approximate surface area is 230 Å². The molecule has 4 rings (SSSR count). The summed E-state index contributed by atoms with van der Waals surface area (Å²) in [5.41, 5.74) is 1.30. The summed E-state index contributed by atoms with van der Waals surface area (Å²) in [6.07, 6.45) is 5.56. The molecule has 1 unspecified atom stereocenters. The summed E-state index contributed by atoms with van der Waals surface area (Å²) in [6.45, 7) is 2.17. The molecule has 0 radical (unpaired) electrons. The van der Waals surface area contributed by atoms with Crippen LogP contribution in [0.4, 0.5) is 5.69 Å². The predicted molar refractivity (Wildman–Crippen MR) is 147 cm³/mol. The van der Waals surface area contributed by atoms with Crippen molar-refractivity contribution >= 4 is 27.5 Å². The lowest BCUT2D eigenvalue weighted by Gasteiger charge is -2.30. The van der Waals surface area contributed by atoms with Crippen LogP contribution in [0.25, 0.3) is 0 Å². The van der Waals surface area contributed by atoms with Gasteiger partial charge in [0.2, 0.25) is 28.6 Å². The van der Waals surface area contributed by atoms with Gasteiger partial charge in [-0.25, -0.2) is 8.42 Å². The summed E-state index contributed by atoms with van der Waals surface area (Å²) in [4.78, 5) is 28.2. The standard InChI is InChI=1S/C28H37N3O7S/c1-20(28(33)29-22-7-4-5-8-22)30(18-21-10-13-24(36-2)14-11-21)27(32)9-6-16-31(39(3,34)35)23-12-15-25-26(17-23)38-19-37-25/h10-15,17,20,22H,4-9,16,18-19H2,1-3H3,(H,29,33). The van der Waals surface area contributed by atoms with Crippen molar-refractivity contribution in [2.75, 3.05) is 31.0 Å². The maximum Gasteiger partial charge on any atom is 0.242 e. The molecule has 2 aliphatic rings. The van der Waals surface area contributed by atoms with Crippen LogP contribution in [-0.4, -0.2) is 63.9 Å². The lowest BCUT2D eigenvalue weighted by molar-refractivity contribution is -0.141. The van der Waals surface area contributed by atoms with E-state index in [0.29, 0.717) is 22.9 Å². The van der Waals surface area contributed by atoms with Gasteiger partial charge in [-0.05, 0) is 56.0 Å². The Balaban J connectivity index is 1.45. The molecule has 1 heterocycles. The van der Waals surface area contributed by atoms with E-state index >= 15 is 0 Å². The minimum absolute atomic E-state index is 0.0772. The first-order chi connectivity index (χ1) is 18.7. The van der Waals surface area contributed by atoms with Crippen molar-refractivity contribution in [3.63, 3.8) is 0 Å². The second kappa shape index (κ2) is 12.6. The van der Waals surface area contributed by atoms with Gasteiger partial charge >= 0.3 is 0 Å². The van der Waals surface area contributed by atoms with E-state index in [1.165, 1.54) is 4.31 Å². The third-order valence-electron chi connectivity index (χ3n) is 7.18. The largest absolute Gasteiger partial charge is 0.497 e. The number of fused-ring (bicyclic) bond motifs is 1. The molecule has 0 aromatic heterocycles. The van der Waals surface area contributed by atoms with Gasteiger partial charge in [0.05, 0.1) is 19.1 Å².